The minimum absolute atomic E-state index is 0.00970. The second-order valence-electron chi connectivity index (χ2n) is 6.54. The number of hydrogen-bond donors (Lipinski definition) is 3. The molecule has 0 aromatic heterocycles. The van der Waals surface area contributed by atoms with Gasteiger partial charge in [-0.15, -0.1) is 0 Å². The molecule has 2 aromatic carbocycles. The molecule has 1 aliphatic heterocycles. The average molecular weight is 449 g/mol. The highest BCUT2D eigenvalue weighted by molar-refractivity contribution is 7.81. The molecule has 3 rings (SSSR count). The van der Waals surface area contributed by atoms with Crippen molar-refractivity contribution in [2.24, 2.45) is 0 Å². The molecule has 31 heavy (non-hydrogen) atoms. The number of benzene rings is 2. The van der Waals surface area contributed by atoms with Gasteiger partial charge in [-0.3, -0.25) is 10.1 Å². The maximum atomic E-state index is 12.5. The summed E-state index contributed by atoms with van der Waals surface area (Å²) < 4.78 is 26.2. The number of esters is 1. The quantitative estimate of drug-likeness (QED) is 0.302. The fourth-order valence-corrected chi connectivity index (χ4v) is 3.04. The van der Waals surface area contributed by atoms with E-state index in [2.05, 4.69) is 17.9 Å². The number of thiol groups is 1. The standard InChI is InChI=1S/C21H23NO8S/c1-26-17-6-4-13(9-15(17)23)16(3-2-8-27-20(24)11-31)30-21(25)22-14-5-7-18-19(10-14)29-12-28-18/h4-7,9-10,16,23,31H,2-3,8,11-12H2,1H3,(H,22,25)/t16-/m1/s1. The number of anilines is 1. The van der Waals surface area contributed by atoms with Gasteiger partial charge in [0.25, 0.3) is 0 Å². The smallest absolute Gasteiger partial charge is 0.412 e. The Kier molecular flexibility index (Phi) is 7.71. The molecule has 0 unspecified atom stereocenters. The summed E-state index contributed by atoms with van der Waals surface area (Å²) in [6.45, 7) is 0.287. The number of ether oxygens (including phenoxy) is 5. The maximum Gasteiger partial charge on any atom is 0.412 e. The van der Waals surface area contributed by atoms with Crippen molar-refractivity contribution in [3.05, 3.63) is 42.0 Å². The van der Waals surface area contributed by atoms with E-state index in [1.54, 1.807) is 30.3 Å². The second-order valence-corrected chi connectivity index (χ2v) is 6.86. The van der Waals surface area contributed by atoms with Gasteiger partial charge in [0.05, 0.1) is 19.5 Å². The van der Waals surface area contributed by atoms with Crippen LogP contribution in [0.2, 0.25) is 0 Å². The van der Waals surface area contributed by atoms with Gasteiger partial charge in [0.15, 0.2) is 23.0 Å². The van der Waals surface area contributed by atoms with Crippen LogP contribution in [0.3, 0.4) is 0 Å². The molecule has 9 nitrogen and oxygen atoms in total. The van der Waals surface area contributed by atoms with Crippen molar-refractivity contribution in [3.63, 3.8) is 0 Å². The second kappa shape index (κ2) is 10.7. The predicted octanol–water partition coefficient (Wildman–Crippen LogP) is 3.67. The average Bonchev–Trinajstić information content (AvgIpc) is 3.23. The summed E-state index contributed by atoms with van der Waals surface area (Å²) in [5, 5.41) is 12.7. The van der Waals surface area contributed by atoms with Crippen LogP contribution in [-0.4, -0.2) is 43.4 Å². The van der Waals surface area contributed by atoms with Crippen molar-refractivity contribution in [3.8, 4) is 23.0 Å². The number of phenols is 1. The van der Waals surface area contributed by atoms with Crippen molar-refractivity contribution in [2.75, 3.05) is 31.6 Å². The van der Waals surface area contributed by atoms with Crippen LogP contribution in [0.25, 0.3) is 0 Å². The van der Waals surface area contributed by atoms with E-state index in [0.717, 1.165) is 0 Å². The van der Waals surface area contributed by atoms with Gasteiger partial charge in [-0.25, -0.2) is 4.79 Å². The third-order valence-electron chi connectivity index (χ3n) is 4.45. The summed E-state index contributed by atoms with van der Waals surface area (Å²) in [5.41, 5.74) is 1.05. The van der Waals surface area contributed by atoms with Crippen LogP contribution in [0.1, 0.15) is 24.5 Å². The normalized spacial score (nSPS) is 12.7. The monoisotopic (exact) mass is 449 g/mol. The number of aromatic hydroxyl groups is 1. The molecule has 0 bridgehead atoms. The van der Waals surface area contributed by atoms with Gasteiger partial charge in [-0.05, 0) is 42.7 Å². The highest BCUT2D eigenvalue weighted by Gasteiger charge is 2.20. The first-order valence-corrected chi connectivity index (χ1v) is 10.1. The third kappa shape index (κ3) is 6.11. The first kappa shape index (κ1) is 22.4. The minimum atomic E-state index is -0.694. The van der Waals surface area contributed by atoms with E-state index in [4.69, 9.17) is 23.7 Å². The molecule has 0 radical (unpaired) electrons. The van der Waals surface area contributed by atoms with E-state index in [0.29, 0.717) is 41.3 Å². The SMILES string of the molecule is COc1ccc([C@@H](CCCOC(=O)CS)OC(=O)Nc2ccc3c(c2)OCO3)cc1O. The van der Waals surface area contributed by atoms with Gasteiger partial charge in [0.1, 0.15) is 6.10 Å². The largest absolute Gasteiger partial charge is 0.504 e. The van der Waals surface area contributed by atoms with Gasteiger partial charge >= 0.3 is 12.1 Å². The summed E-state index contributed by atoms with van der Waals surface area (Å²) in [6.07, 6.45) is -0.582. The lowest BCUT2D eigenvalue weighted by Crippen LogP contribution is -2.18. The molecule has 0 saturated carbocycles. The molecule has 0 fully saturated rings. The number of nitrogens with one attached hydrogen (secondary N) is 1. The molecule has 0 saturated heterocycles. The Morgan fingerprint density at radius 2 is 2.00 bits per heavy atom. The number of phenolic OH excluding ortho intramolecular Hbond substituents is 1. The van der Waals surface area contributed by atoms with E-state index in [9.17, 15) is 14.7 Å². The Bertz CT molecular complexity index is 936. The summed E-state index contributed by atoms with van der Waals surface area (Å²) in [7, 11) is 1.44. The van der Waals surface area contributed by atoms with E-state index in [-0.39, 0.29) is 24.9 Å². The Morgan fingerprint density at radius 3 is 2.74 bits per heavy atom. The van der Waals surface area contributed by atoms with E-state index < -0.39 is 18.2 Å². The van der Waals surface area contributed by atoms with Crippen LogP contribution in [0.15, 0.2) is 36.4 Å². The summed E-state index contributed by atoms with van der Waals surface area (Å²) in [4.78, 5) is 23.7. The summed E-state index contributed by atoms with van der Waals surface area (Å²) in [6, 6.07) is 9.73. The highest BCUT2D eigenvalue weighted by Crippen LogP contribution is 2.35. The molecule has 10 heteroatoms. The first-order chi connectivity index (χ1) is 15.0. The van der Waals surface area contributed by atoms with E-state index in [1.807, 2.05) is 0 Å². The Morgan fingerprint density at radius 1 is 1.19 bits per heavy atom. The van der Waals surface area contributed by atoms with Gasteiger partial charge in [-0.2, -0.15) is 12.6 Å². The Hall–Kier alpha value is -3.27. The van der Waals surface area contributed by atoms with Gasteiger partial charge < -0.3 is 28.8 Å². The van der Waals surface area contributed by atoms with Crippen LogP contribution in [0.4, 0.5) is 10.5 Å². The van der Waals surface area contributed by atoms with Crippen LogP contribution in [-0.2, 0) is 14.3 Å². The Labute approximate surface area is 184 Å². The number of rotatable bonds is 9. The number of hydrogen-bond acceptors (Lipinski definition) is 9. The lowest BCUT2D eigenvalue weighted by molar-refractivity contribution is -0.140. The first-order valence-electron chi connectivity index (χ1n) is 9.51. The molecule has 1 aliphatic rings. The molecule has 166 valence electrons. The molecule has 2 aromatic rings. The number of methoxy groups -OCH3 is 1. The molecule has 0 aliphatic carbocycles. The molecular formula is C21H23NO8S. The van der Waals surface area contributed by atoms with Gasteiger partial charge in [0, 0.05) is 11.8 Å². The zero-order valence-corrected chi connectivity index (χ0v) is 17.7. The topological polar surface area (TPSA) is 113 Å². The number of fused-ring (bicyclic) bond motifs is 1. The molecule has 1 atom stereocenters. The van der Waals surface area contributed by atoms with Crippen molar-refractivity contribution in [2.45, 2.75) is 18.9 Å². The highest BCUT2D eigenvalue weighted by atomic mass is 32.1. The van der Waals surface area contributed by atoms with Crippen molar-refractivity contribution < 1.29 is 38.4 Å². The summed E-state index contributed by atoms with van der Waals surface area (Å²) >= 11 is 3.85. The Balaban J connectivity index is 1.66. The van der Waals surface area contributed by atoms with Gasteiger partial charge in [-0.1, -0.05) is 6.07 Å². The van der Waals surface area contributed by atoms with Crippen LogP contribution >= 0.6 is 12.6 Å². The fraction of sp³-hybridized carbons (Fsp3) is 0.333. The number of carbonyl (C=O) groups excluding carboxylic acids is 2. The fourth-order valence-electron chi connectivity index (χ4n) is 2.95. The van der Waals surface area contributed by atoms with Crippen molar-refractivity contribution in [1.29, 1.82) is 0 Å². The van der Waals surface area contributed by atoms with Crippen LogP contribution in [0.5, 0.6) is 23.0 Å². The van der Waals surface area contributed by atoms with Crippen molar-refractivity contribution >= 4 is 30.4 Å². The molecule has 2 N–H and O–H groups in total. The summed E-state index contributed by atoms with van der Waals surface area (Å²) in [5.74, 6) is 0.913. The maximum absolute atomic E-state index is 12.5. The zero-order valence-electron chi connectivity index (χ0n) is 16.8. The molecule has 1 heterocycles. The third-order valence-corrected chi connectivity index (χ3v) is 4.70. The lowest BCUT2D eigenvalue weighted by atomic mass is 10.0. The van der Waals surface area contributed by atoms with E-state index in [1.165, 1.54) is 13.2 Å². The zero-order chi connectivity index (χ0) is 22.2. The lowest BCUT2D eigenvalue weighted by Gasteiger charge is -2.19. The minimum Gasteiger partial charge on any atom is -0.504 e. The van der Waals surface area contributed by atoms with Crippen molar-refractivity contribution in [1.82, 2.24) is 0 Å². The van der Waals surface area contributed by atoms with Crippen LogP contribution < -0.4 is 19.5 Å². The number of carbonyl (C=O) groups is 2. The molecule has 1 amide bonds. The molecular weight excluding hydrogens is 426 g/mol. The molecule has 0 spiro atoms. The van der Waals surface area contributed by atoms with Crippen LogP contribution in [0, 0.1) is 0 Å². The van der Waals surface area contributed by atoms with Gasteiger partial charge in [0.2, 0.25) is 6.79 Å². The predicted molar refractivity (Wildman–Crippen MR) is 114 cm³/mol. The number of amides is 1. The van der Waals surface area contributed by atoms with E-state index >= 15 is 0 Å².